The highest BCUT2D eigenvalue weighted by molar-refractivity contribution is 6.37. The molecule has 274 valence electrons. The van der Waals surface area contributed by atoms with Crippen LogP contribution in [0.2, 0.25) is 0 Å². The lowest BCUT2D eigenvalue weighted by Crippen LogP contribution is -2.19. The number of hydrogen-bond acceptors (Lipinski definition) is 0. The highest BCUT2D eigenvalue weighted by atomic mass is 14.3. The van der Waals surface area contributed by atoms with Crippen molar-refractivity contribution in [3.63, 3.8) is 0 Å². The molecule has 0 amide bonds. The molecule has 0 nitrogen and oxygen atoms in total. The lowest BCUT2D eigenvalue weighted by atomic mass is 9.79. The summed E-state index contributed by atoms with van der Waals surface area (Å²) in [5.74, 6) is 0. The maximum Gasteiger partial charge on any atom is -0.000763 e. The quantitative estimate of drug-likeness (QED) is 0.122. The molecule has 3 aliphatic carbocycles. The predicted molar refractivity (Wildman–Crippen MR) is 250 cm³/mol. The van der Waals surface area contributed by atoms with Gasteiger partial charge in [0.05, 0.1) is 0 Å². The van der Waals surface area contributed by atoms with Crippen molar-refractivity contribution < 1.29 is 0 Å². The van der Waals surface area contributed by atoms with Crippen molar-refractivity contribution in [1.29, 1.82) is 0 Å². The van der Waals surface area contributed by atoms with Crippen LogP contribution in [0.4, 0.5) is 0 Å². The Morgan fingerprint density at radius 3 is 1.50 bits per heavy atom. The van der Waals surface area contributed by atoms with Crippen molar-refractivity contribution in [1.82, 2.24) is 0 Å². The minimum Gasteiger partial charge on any atom is -0.0763 e. The zero-order valence-corrected chi connectivity index (χ0v) is 33.5. The molecule has 0 N–H and O–H groups in total. The zero-order chi connectivity index (χ0) is 38.6. The lowest BCUT2D eigenvalue weighted by molar-refractivity contribution is 0.949. The molecule has 10 aromatic carbocycles. The highest BCUT2D eigenvalue weighted by Gasteiger charge is 2.31. The average molecular weight is 739 g/mol. The summed E-state index contributed by atoms with van der Waals surface area (Å²) < 4.78 is 0. The van der Waals surface area contributed by atoms with Gasteiger partial charge < -0.3 is 0 Å². The number of aryl methyl sites for hydroxylation is 6. The van der Waals surface area contributed by atoms with E-state index in [4.69, 9.17) is 0 Å². The summed E-state index contributed by atoms with van der Waals surface area (Å²) in [6, 6.07) is 49.8. The van der Waals surface area contributed by atoms with Crippen LogP contribution in [0.1, 0.15) is 51.8 Å². The van der Waals surface area contributed by atoms with Gasteiger partial charge in [-0.1, -0.05) is 144 Å². The molecule has 0 bridgehead atoms. The number of benzene rings is 10. The second kappa shape index (κ2) is 11.6. The normalized spacial score (nSPS) is 14.0. The molecular weight excluding hydrogens is 697 g/mol. The van der Waals surface area contributed by atoms with E-state index in [9.17, 15) is 0 Å². The lowest BCUT2D eigenvalue weighted by Gasteiger charge is -2.24. The summed E-state index contributed by atoms with van der Waals surface area (Å²) >= 11 is 0. The van der Waals surface area contributed by atoms with Crippen LogP contribution >= 0.6 is 0 Å². The third-order valence-electron chi connectivity index (χ3n) is 14.0. The van der Waals surface area contributed by atoms with Crippen LogP contribution in [-0.4, -0.2) is 0 Å². The van der Waals surface area contributed by atoms with Crippen molar-refractivity contribution >= 4 is 76.3 Å². The fourth-order valence-corrected chi connectivity index (χ4v) is 12.1. The molecule has 0 aromatic heterocycles. The third-order valence-corrected chi connectivity index (χ3v) is 14.0. The van der Waals surface area contributed by atoms with E-state index >= 15 is 0 Å². The first-order valence-electron chi connectivity index (χ1n) is 21.2. The van der Waals surface area contributed by atoms with Crippen molar-refractivity contribution in [3.8, 4) is 33.4 Å². The number of hydrogen-bond donors (Lipinski definition) is 0. The van der Waals surface area contributed by atoms with E-state index in [1.807, 2.05) is 0 Å². The molecule has 0 fully saturated rings. The van der Waals surface area contributed by atoms with Crippen molar-refractivity contribution in [2.24, 2.45) is 0 Å². The van der Waals surface area contributed by atoms with Crippen LogP contribution in [0.5, 0.6) is 0 Å². The molecule has 58 heavy (non-hydrogen) atoms. The molecule has 0 aliphatic heterocycles. The molecule has 0 unspecified atom stereocenters. The van der Waals surface area contributed by atoms with E-state index < -0.39 is 0 Å². The van der Waals surface area contributed by atoms with Gasteiger partial charge in [0.1, 0.15) is 0 Å². The molecule has 0 atom stereocenters. The maximum absolute atomic E-state index is 2.64. The van der Waals surface area contributed by atoms with Gasteiger partial charge in [0.2, 0.25) is 0 Å². The minimum absolute atomic E-state index is 1.08. The molecule has 10 aromatic rings. The zero-order valence-electron chi connectivity index (χ0n) is 33.5. The van der Waals surface area contributed by atoms with Crippen LogP contribution in [0, 0.1) is 27.7 Å². The minimum atomic E-state index is 1.08. The number of fused-ring (bicyclic) bond motifs is 12. The first-order valence-corrected chi connectivity index (χ1v) is 21.2. The van der Waals surface area contributed by atoms with Crippen molar-refractivity contribution in [2.75, 3.05) is 0 Å². The third kappa shape index (κ3) is 4.25. The van der Waals surface area contributed by atoms with Gasteiger partial charge in [0, 0.05) is 0 Å². The first kappa shape index (κ1) is 32.6. The Labute approximate surface area is 338 Å². The van der Waals surface area contributed by atoms with Crippen LogP contribution in [-0.2, 0) is 12.8 Å². The Hall–Kier alpha value is -6.50. The van der Waals surface area contributed by atoms with Gasteiger partial charge in [-0.25, -0.2) is 0 Å². The number of rotatable bonds is 2. The van der Waals surface area contributed by atoms with Gasteiger partial charge in [-0.15, -0.1) is 0 Å². The molecule has 0 radical (unpaired) electrons. The van der Waals surface area contributed by atoms with Gasteiger partial charge in [-0.05, 0) is 196 Å². The van der Waals surface area contributed by atoms with E-state index in [-0.39, 0.29) is 0 Å². The van der Waals surface area contributed by atoms with Crippen molar-refractivity contribution in [2.45, 2.75) is 53.4 Å². The van der Waals surface area contributed by atoms with Gasteiger partial charge >= 0.3 is 0 Å². The molecule has 0 saturated carbocycles. The van der Waals surface area contributed by atoms with Crippen molar-refractivity contribution in [3.05, 3.63) is 177 Å². The Bertz CT molecular complexity index is 3660. The standard InChI is InChI=1S/C58H42/c1-31-23-32(2)26-36(25-31)53-50-29-48-46-21-19-44-42-17-9-11-35-12-10-18-43(52(35)42)45-20-22-47(56(46)55(44)45)49(48)30-51(50)54(37-27-33(3)24-34(4)28-37)58-41-16-8-6-14-39(41)38-13-5-7-15-40(38)57(53)58/h5-9,11-17,19,21,23-30H,10,18,20,22H2,1-4H3. The van der Waals surface area contributed by atoms with E-state index in [0.717, 1.165) is 25.7 Å². The molecular formula is C58H42. The first-order chi connectivity index (χ1) is 28.4. The van der Waals surface area contributed by atoms with Crippen LogP contribution in [0.15, 0.2) is 127 Å². The predicted octanol–water partition coefficient (Wildman–Crippen LogP) is 14.0. The summed E-state index contributed by atoms with van der Waals surface area (Å²) in [7, 11) is 0. The fraction of sp³-hybridized carbons (Fsp3) is 0.138. The second-order valence-electron chi connectivity index (χ2n) is 17.6. The monoisotopic (exact) mass is 738 g/mol. The Kier molecular flexibility index (Phi) is 6.49. The van der Waals surface area contributed by atoms with E-state index in [2.05, 4.69) is 161 Å². The summed E-state index contributed by atoms with van der Waals surface area (Å²) in [5, 5.41) is 19.5. The molecule has 3 aliphatic rings. The van der Waals surface area contributed by atoms with Crippen LogP contribution in [0.3, 0.4) is 0 Å². The van der Waals surface area contributed by atoms with Crippen LogP contribution < -0.4 is 10.4 Å². The summed E-state index contributed by atoms with van der Waals surface area (Å²) in [6.45, 7) is 9.02. The SMILES string of the molecule is Cc1cc(C)cc(-c2c3cc4c(cc3c(-c3cc(C)cc(C)c3)c3c5ccccc5c5ccccc5c23)-c2ccc3c5c(c6c7c(cccc73)=CCC6)CCC4=c25)c1. The van der Waals surface area contributed by atoms with Gasteiger partial charge in [-0.3, -0.25) is 0 Å². The van der Waals surface area contributed by atoms with E-state index in [1.165, 1.54) is 142 Å². The Morgan fingerprint density at radius 2 is 0.879 bits per heavy atom. The maximum atomic E-state index is 2.64. The second-order valence-corrected chi connectivity index (χ2v) is 17.6. The highest BCUT2D eigenvalue weighted by Crippen LogP contribution is 2.53. The largest absolute Gasteiger partial charge is 0.0763 e. The summed E-state index contributed by atoms with van der Waals surface area (Å²) in [5.41, 5.74) is 19.5. The Morgan fingerprint density at radius 1 is 0.362 bits per heavy atom. The van der Waals surface area contributed by atoms with E-state index in [0.29, 0.717) is 0 Å². The molecule has 0 saturated heterocycles. The summed E-state index contributed by atoms with van der Waals surface area (Å²) in [6.07, 6.45) is 6.90. The smallest absolute Gasteiger partial charge is 0.000763 e. The molecule has 13 rings (SSSR count). The Balaban J connectivity index is 1.28. The fourth-order valence-electron chi connectivity index (χ4n) is 12.1. The average Bonchev–Trinajstić information content (AvgIpc) is 3.54. The van der Waals surface area contributed by atoms with Crippen LogP contribution in [0.25, 0.3) is 110 Å². The van der Waals surface area contributed by atoms with Gasteiger partial charge in [-0.2, -0.15) is 0 Å². The van der Waals surface area contributed by atoms with E-state index in [1.54, 1.807) is 11.1 Å². The topological polar surface area (TPSA) is 0 Å². The van der Waals surface area contributed by atoms with Gasteiger partial charge in [0.15, 0.2) is 0 Å². The molecule has 0 heteroatoms. The summed E-state index contributed by atoms with van der Waals surface area (Å²) in [4.78, 5) is 0. The van der Waals surface area contributed by atoms with Gasteiger partial charge in [0.25, 0.3) is 0 Å². The molecule has 0 heterocycles. The molecule has 0 spiro atoms.